The van der Waals surface area contributed by atoms with Crippen molar-refractivity contribution in [3.8, 4) is 16.2 Å². The van der Waals surface area contributed by atoms with Crippen molar-refractivity contribution in [1.29, 1.82) is 0 Å². The quantitative estimate of drug-likeness (QED) is 0.438. The molecule has 184 valence electrons. The van der Waals surface area contributed by atoms with E-state index in [2.05, 4.69) is 15.5 Å². The Hall–Kier alpha value is -3.20. The topological polar surface area (TPSA) is 79.9 Å². The second kappa shape index (κ2) is 12.5. The lowest BCUT2D eigenvalue weighted by Gasteiger charge is -2.26. The van der Waals surface area contributed by atoms with Crippen molar-refractivity contribution in [2.75, 3.05) is 44.8 Å². The van der Waals surface area contributed by atoms with Crippen molar-refractivity contribution in [3.63, 3.8) is 0 Å². The molecule has 2 heterocycles. The van der Waals surface area contributed by atoms with Crippen LogP contribution in [0.5, 0.6) is 5.75 Å². The molecule has 1 fully saturated rings. The number of thiophene rings is 1. The summed E-state index contributed by atoms with van der Waals surface area (Å²) < 4.78 is 11.1. The minimum absolute atomic E-state index is 0.0222. The van der Waals surface area contributed by atoms with Gasteiger partial charge in [0.15, 0.2) is 0 Å². The summed E-state index contributed by atoms with van der Waals surface area (Å²) in [7, 11) is 0. The summed E-state index contributed by atoms with van der Waals surface area (Å²) in [6.07, 6.45) is 0.434. The zero-order chi connectivity index (χ0) is 24.5. The van der Waals surface area contributed by atoms with Gasteiger partial charge in [-0.1, -0.05) is 42.5 Å². The average molecular weight is 494 g/mol. The Morgan fingerprint density at radius 2 is 1.86 bits per heavy atom. The summed E-state index contributed by atoms with van der Waals surface area (Å²) in [6.45, 7) is 6.64. The molecule has 0 radical (unpaired) electrons. The van der Waals surface area contributed by atoms with Gasteiger partial charge in [0.2, 0.25) is 5.91 Å². The van der Waals surface area contributed by atoms with Gasteiger partial charge in [0.25, 0.3) is 5.91 Å². The van der Waals surface area contributed by atoms with E-state index in [9.17, 15) is 9.59 Å². The number of carbonyl (C=O) groups excluding carboxylic acids is 2. The summed E-state index contributed by atoms with van der Waals surface area (Å²) in [4.78, 5) is 29.2. The van der Waals surface area contributed by atoms with Crippen LogP contribution in [0.3, 0.4) is 0 Å². The summed E-state index contributed by atoms with van der Waals surface area (Å²) in [5.74, 6) is 0.391. The van der Waals surface area contributed by atoms with Crippen LogP contribution >= 0.6 is 11.3 Å². The molecule has 1 saturated heterocycles. The Kier molecular flexibility index (Phi) is 8.89. The Labute approximate surface area is 210 Å². The Balaban J connectivity index is 1.34. The van der Waals surface area contributed by atoms with E-state index in [1.807, 2.05) is 67.6 Å². The van der Waals surface area contributed by atoms with Crippen molar-refractivity contribution in [3.05, 3.63) is 71.1 Å². The number of hydrogen-bond donors (Lipinski definition) is 2. The van der Waals surface area contributed by atoms with Crippen LogP contribution in [0, 0.1) is 0 Å². The van der Waals surface area contributed by atoms with Gasteiger partial charge < -0.3 is 20.1 Å². The first-order chi connectivity index (χ1) is 17.1. The van der Waals surface area contributed by atoms with E-state index < -0.39 is 0 Å². The molecule has 4 rings (SSSR count). The van der Waals surface area contributed by atoms with Gasteiger partial charge in [-0.25, -0.2) is 0 Å². The van der Waals surface area contributed by atoms with E-state index in [1.165, 1.54) is 11.3 Å². The molecule has 2 amide bonds. The number of rotatable bonds is 10. The van der Waals surface area contributed by atoms with Crippen molar-refractivity contribution in [1.82, 2.24) is 10.2 Å². The maximum atomic E-state index is 13.0. The number of nitrogens with zero attached hydrogens (tertiary/aromatic N) is 1. The van der Waals surface area contributed by atoms with E-state index in [-0.39, 0.29) is 11.8 Å². The number of morpholine rings is 1. The minimum atomic E-state index is -0.180. The fourth-order valence-corrected chi connectivity index (χ4v) is 4.89. The van der Waals surface area contributed by atoms with Crippen LogP contribution in [-0.2, 0) is 16.1 Å². The van der Waals surface area contributed by atoms with Gasteiger partial charge >= 0.3 is 0 Å². The SMILES string of the molecule is CCOc1cc(-c2ccccc2)sc1C(=O)NCc1cccc(NC(=O)CCN2CCOCC2)c1. The van der Waals surface area contributed by atoms with Crippen molar-refractivity contribution < 1.29 is 19.1 Å². The second-order valence-corrected chi connectivity index (χ2v) is 9.29. The molecule has 1 aromatic heterocycles. The highest BCUT2D eigenvalue weighted by Gasteiger charge is 2.18. The highest BCUT2D eigenvalue weighted by molar-refractivity contribution is 7.17. The first-order valence-corrected chi connectivity index (χ1v) is 12.7. The summed E-state index contributed by atoms with van der Waals surface area (Å²) in [5, 5.41) is 5.95. The van der Waals surface area contributed by atoms with Crippen LogP contribution in [0.2, 0.25) is 0 Å². The number of hydrogen-bond acceptors (Lipinski definition) is 6. The number of ether oxygens (including phenoxy) is 2. The lowest BCUT2D eigenvalue weighted by molar-refractivity contribution is -0.116. The monoisotopic (exact) mass is 493 g/mol. The first kappa shape index (κ1) is 24.9. The molecule has 1 aliphatic heterocycles. The Bertz CT molecular complexity index is 1130. The van der Waals surface area contributed by atoms with Crippen LogP contribution in [0.15, 0.2) is 60.7 Å². The molecule has 0 spiro atoms. The van der Waals surface area contributed by atoms with Crippen LogP contribution in [0.1, 0.15) is 28.6 Å². The van der Waals surface area contributed by atoms with Crippen LogP contribution in [0.25, 0.3) is 10.4 Å². The van der Waals surface area contributed by atoms with Crippen molar-refractivity contribution in [2.45, 2.75) is 19.9 Å². The average Bonchev–Trinajstić information content (AvgIpc) is 3.32. The fraction of sp³-hybridized carbons (Fsp3) is 0.333. The smallest absolute Gasteiger partial charge is 0.265 e. The number of carbonyl (C=O) groups is 2. The molecule has 0 aliphatic carbocycles. The molecule has 8 heteroatoms. The first-order valence-electron chi connectivity index (χ1n) is 11.9. The third-order valence-corrected chi connectivity index (χ3v) is 6.85. The fourth-order valence-electron chi connectivity index (χ4n) is 3.87. The van der Waals surface area contributed by atoms with E-state index in [4.69, 9.17) is 9.47 Å². The lowest BCUT2D eigenvalue weighted by Crippen LogP contribution is -2.38. The molecule has 0 bridgehead atoms. The molecular formula is C27H31N3O4S. The molecule has 2 N–H and O–H groups in total. The third kappa shape index (κ3) is 7.14. The van der Waals surface area contributed by atoms with Crippen molar-refractivity contribution in [2.24, 2.45) is 0 Å². The third-order valence-electron chi connectivity index (χ3n) is 5.68. The van der Waals surface area contributed by atoms with Gasteiger partial charge in [0, 0.05) is 43.2 Å². The highest BCUT2D eigenvalue weighted by Crippen LogP contribution is 2.36. The van der Waals surface area contributed by atoms with E-state index >= 15 is 0 Å². The Morgan fingerprint density at radius 3 is 2.63 bits per heavy atom. The zero-order valence-electron chi connectivity index (χ0n) is 19.9. The lowest BCUT2D eigenvalue weighted by atomic mass is 10.2. The maximum Gasteiger partial charge on any atom is 0.265 e. The van der Waals surface area contributed by atoms with Gasteiger partial charge in [-0.3, -0.25) is 14.5 Å². The Morgan fingerprint density at radius 1 is 1.06 bits per heavy atom. The van der Waals surface area contributed by atoms with Crippen LogP contribution in [-0.4, -0.2) is 56.2 Å². The van der Waals surface area contributed by atoms with E-state index in [0.29, 0.717) is 30.2 Å². The van der Waals surface area contributed by atoms with Gasteiger partial charge in [-0.05, 0) is 36.2 Å². The standard InChI is InChI=1S/C27H31N3O4S/c1-2-34-23-18-24(21-8-4-3-5-9-21)35-26(23)27(32)28-19-20-7-6-10-22(17-20)29-25(31)11-12-30-13-15-33-16-14-30/h3-10,17-18H,2,11-16,19H2,1H3,(H,28,32)(H,29,31). The number of amides is 2. The minimum Gasteiger partial charge on any atom is -0.492 e. The van der Waals surface area contributed by atoms with Gasteiger partial charge in [-0.2, -0.15) is 0 Å². The zero-order valence-corrected chi connectivity index (χ0v) is 20.7. The summed E-state index contributed by atoms with van der Waals surface area (Å²) >= 11 is 1.42. The predicted molar refractivity (Wildman–Crippen MR) is 139 cm³/mol. The normalized spacial score (nSPS) is 13.9. The summed E-state index contributed by atoms with van der Waals surface area (Å²) in [5.41, 5.74) is 2.68. The van der Waals surface area contributed by atoms with Crippen LogP contribution in [0.4, 0.5) is 5.69 Å². The molecular weight excluding hydrogens is 462 g/mol. The van der Waals surface area contributed by atoms with E-state index in [0.717, 1.165) is 54.5 Å². The second-order valence-electron chi connectivity index (χ2n) is 8.24. The maximum absolute atomic E-state index is 13.0. The largest absolute Gasteiger partial charge is 0.492 e. The molecule has 0 unspecified atom stereocenters. The molecule has 7 nitrogen and oxygen atoms in total. The number of nitrogens with one attached hydrogen (secondary N) is 2. The van der Waals surface area contributed by atoms with Gasteiger partial charge in [0.05, 0.1) is 19.8 Å². The van der Waals surface area contributed by atoms with Crippen LogP contribution < -0.4 is 15.4 Å². The van der Waals surface area contributed by atoms with Crippen molar-refractivity contribution >= 4 is 28.8 Å². The molecule has 0 saturated carbocycles. The summed E-state index contributed by atoms with van der Waals surface area (Å²) in [6, 6.07) is 19.4. The van der Waals surface area contributed by atoms with E-state index in [1.54, 1.807) is 0 Å². The van der Waals surface area contributed by atoms with Gasteiger partial charge in [-0.15, -0.1) is 11.3 Å². The molecule has 0 atom stereocenters. The molecule has 3 aromatic rings. The molecule has 1 aliphatic rings. The molecule has 2 aromatic carbocycles. The number of anilines is 1. The highest BCUT2D eigenvalue weighted by atomic mass is 32.1. The number of benzene rings is 2. The van der Waals surface area contributed by atoms with Gasteiger partial charge in [0.1, 0.15) is 10.6 Å². The predicted octanol–water partition coefficient (Wildman–Crippen LogP) is 4.40. The molecule has 35 heavy (non-hydrogen) atoms.